The summed E-state index contributed by atoms with van der Waals surface area (Å²) >= 11 is 0. The Bertz CT molecular complexity index is 785. The number of fused-ring (bicyclic) bond motifs is 1. The molecule has 1 N–H and O–H groups in total. The smallest absolute Gasteiger partial charge is 0.245 e. The molecule has 27 heavy (non-hydrogen) atoms. The molecule has 2 saturated heterocycles. The van der Waals surface area contributed by atoms with Gasteiger partial charge in [-0.05, 0) is 41.9 Å². The maximum Gasteiger partial charge on any atom is 0.245 e. The average Bonchev–Trinajstić information content (AvgIpc) is 2.97. The molecular formula is C18H27N7O2. The molecule has 0 aliphatic carbocycles. The van der Waals surface area contributed by atoms with Crippen LogP contribution in [0.5, 0.6) is 0 Å². The summed E-state index contributed by atoms with van der Waals surface area (Å²) in [5, 5.41) is 10.7. The Morgan fingerprint density at radius 2 is 1.63 bits per heavy atom. The van der Waals surface area contributed by atoms with Crippen LogP contribution in [0.25, 0.3) is 11.3 Å². The number of amides is 1. The third-order valence-electron chi connectivity index (χ3n) is 5.44. The average molecular weight is 373 g/mol. The van der Waals surface area contributed by atoms with Crippen molar-refractivity contribution in [3.63, 3.8) is 0 Å². The third-order valence-corrected chi connectivity index (χ3v) is 5.44. The van der Waals surface area contributed by atoms with Crippen molar-refractivity contribution in [3.05, 3.63) is 0 Å². The predicted molar refractivity (Wildman–Crippen MR) is 102 cm³/mol. The van der Waals surface area contributed by atoms with Gasteiger partial charge in [0.2, 0.25) is 17.2 Å². The fraction of sp³-hybridized carbons (Fsp3) is 0.722. The van der Waals surface area contributed by atoms with Crippen LogP contribution in [-0.2, 0) is 4.79 Å². The summed E-state index contributed by atoms with van der Waals surface area (Å²) in [5.74, 6) is 2.19. The molecule has 1 amide bonds. The fourth-order valence-electron chi connectivity index (χ4n) is 4.04. The van der Waals surface area contributed by atoms with Gasteiger partial charge in [0.1, 0.15) is 0 Å². The number of nitrogens with one attached hydrogen (secondary N) is 1. The second-order valence-corrected chi connectivity index (χ2v) is 7.57. The monoisotopic (exact) mass is 373 g/mol. The number of nitrogens with zero attached hydrogens (tertiary/aromatic N) is 6. The Morgan fingerprint density at radius 3 is 2.30 bits per heavy atom. The number of rotatable bonds is 4. The van der Waals surface area contributed by atoms with Crippen LogP contribution in [0.1, 0.15) is 45.4 Å². The van der Waals surface area contributed by atoms with Crippen LogP contribution in [-0.4, -0.2) is 58.9 Å². The minimum Gasteiger partial charge on any atom is -0.356 e. The van der Waals surface area contributed by atoms with Crippen LogP contribution >= 0.6 is 0 Å². The van der Waals surface area contributed by atoms with Crippen molar-refractivity contribution in [1.29, 1.82) is 0 Å². The molecule has 2 aliphatic rings. The van der Waals surface area contributed by atoms with E-state index in [0.29, 0.717) is 23.8 Å². The highest BCUT2D eigenvalue weighted by Gasteiger charge is 2.27. The van der Waals surface area contributed by atoms with Crippen molar-refractivity contribution in [2.45, 2.75) is 45.4 Å². The van der Waals surface area contributed by atoms with E-state index in [0.717, 1.165) is 50.7 Å². The summed E-state index contributed by atoms with van der Waals surface area (Å²) < 4.78 is 4.85. The van der Waals surface area contributed by atoms with Gasteiger partial charge >= 0.3 is 0 Å². The zero-order valence-electron chi connectivity index (χ0n) is 15.9. The van der Waals surface area contributed by atoms with E-state index in [4.69, 9.17) is 14.6 Å². The van der Waals surface area contributed by atoms with E-state index < -0.39 is 0 Å². The number of hydrogen-bond acceptors (Lipinski definition) is 8. The van der Waals surface area contributed by atoms with E-state index in [1.807, 2.05) is 0 Å². The number of aromatic nitrogens is 4. The second-order valence-electron chi connectivity index (χ2n) is 7.57. The van der Waals surface area contributed by atoms with E-state index in [9.17, 15) is 4.79 Å². The minimum atomic E-state index is 0.0206. The van der Waals surface area contributed by atoms with Gasteiger partial charge in [-0.3, -0.25) is 4.79 Å². The molecule has 146 valence electrons. The molecule has 9 heteroatoms. The van der Waals surface area contributed by atoms with Crippen LogP contribution in [0.15, 0.2) is 4.63 Å². The first kappa shape index (κ1) is 17.9. The first-order valence-corrected chi connectivity index (χ1v) is 9.95. The normalized spacial score (nSPS) is 21.3. The van der Waals surface area contributed by atoms with Crippen LogP contribution < -0.4 is 15.1 Å². The van der Waals surface area contributed by atoms with Gasteiger partial charge in [0, 0.05) is 39.6 Å². The topological polar surface area (TPSA) is 100 Å². The first-order chi connectivity index (χ1) is 13.2. The van der Waals surface area contributed by atoms with Crippen LogP contribution in [0, 0.1) is 5.92 Å². The fourth-order valence-corrected chi connectivity index (χ4v) is 4.04. The minimum absolute atomic E-state index is 0.0206. The highest BCUT2D eigenvalue weighted by atomic mass is 16.6. The molecule has 0 spiro atoms. The molecule has 2 aromatic rings. The van der Waals surface area contributed by atoms with E-state index in [1.54, 1.807) is 6.92 Å². The molecule has 0 bridgehead atoms. The van der Waals surface area contributed by atoms with Crippen molar-refractivity contribution < 1.29 is 9.42 Å². The molecule has 9 nitrogen and oxygen atoms in total. The molecule has 0 saturated carbocycles. The SMILES string of the molecule is CC(=O)NC[C@H]1CCCN(c2nc3nonc3nc2N2CCCCCC2)C1. The van der Waals surface area contributed by atoms with E-state index in [2.05, 4.69) is 25.4 Å². The lowest BCUT2D eigenvalue weighted by Gasteiger charge is -2.35. The molecule has 0 aromatic carbocycles. The predicted octanol–water partition coefficient (Wildman–Crippen LogP) is 1.75. The van der Waals surface area contributed by atoms with Crippen molar-refractivity contribution in [3.8, 4) is 0 Å². The van der Waals surface area contributed by atoms with Crippen molar-refractivity contribution >= 4 is 28.8 Å². The number of carbonyl (C=O) groups excluding carboxylic acids is 1. The van der Waals surface area contributed by atoms with Gasteiger partial charge in [0.15, 0.2) is 11.6 Å². The molecular weight excluding hydrogens is 346 g/mol. The van der Waals surface area contributed by atoms with Gasteiger partial charge in [0.05, 0.1) is 0 Å². The summed E-state index contributed by atoms with van der Waals surface area (Å²) in [6.07, 6.45) is 7.03. The Labute approximate surface area is 158 Å². The number of piperidine rings is 1. The van der Waals surface area contributed by atoms with Crippen molar-refractivity contribution in [2.75, 3.05) is 42.5 Å². The lowest BCUT2D eigenvalue weighted by atomic mass is 9.98. The summed E-state index contributed by atoms with van der Waals surface area (Å²) in [6.45, 7) is 6.03. The number of carbonyl (C=O) groups is 1. The zero-order valence-corrected chi connectivity index (χ0v) is 15.9. The molecule has 4 rings (SSSR count). The number of hydrogen-bond donors (Lipinski definition) is 1. The zero-order chi connectivity index (χ0) is 18.6. The molecule has 0 unspecified atom stereocenters. The largest absolute Gasteiger partial charge is 0.356 e. The second kappa shape index (κ2) is 8.06. The Morgan fingerprint density at radius 1 is 1.00 bits per heavy atom. The van der Waals surface area contributed by atoms with Crippen LogP contribution in [0.3, 0.4) is 0 Å². The van der Waals surface area contributed by atoms with Gasteiger partial charge in [-0.15, -0.1) is 0 Å². The highest BCUT2D eigenvalue weighted by Crippen LogP contribution is 2.32. The lowest BCUT2D eigenvalue weighted by molar-refractivity contribution is -0.119. The lowest BCUT2D eigenvalue weighted by Crippen LogP contribution is -2.42. The molecule has 2 aliphatic heterocycles. The Kier molecular flexibility index (Phi) is 5.35. The summed E-state index contributed by atoms with van der Waals surface area (Å²) in [6, 6.07) is 0. The molecule has 1 atom stereocenters. The number of anilines is 2. The van der Waals surface area contributed by atoms with Gasteiger partial charge in [0.25, 0.3) is 0 Å². The molecule has 2 fully saturated rings. The summed E-state index contributed by atoms with van der Waals surface area (Å²) in [4.78, 5) is 25.4. The van der Waals surface area contributed by atoms with Gasteiger partial charge in [-0.2, -0.15) is 0 Å². The van der Waals surface area contributed by atoms with Crippen molar-refractivity contribution in [2.24, 2.45) is 5.92 Å². The van der Waals surface area contributed by atoms with Gasteiger partial charge < -0.3 is 15.1 Å². The molecule has 2 aromatic heterocycles. The highest BCUT2D eigenvalue weighted by molar-refractivity contribution is 5.75. The van der Waals surface area contributed by atoms with E-state index in [1.165, 1.54) is 25.7 Å². The van der Waals surface area contributed by atoms with E-state index in [-0.39, 0.29) is 5.91 Å². The quantitative estimate of drug-likeness (QED) is 0.865. The first-order valence-electron chi connectivity index (χ1n) is 9.95. The molecule has 4 heterocycles. The maximum absolute atomic E-state index is 11.3. The van der Waals surface area contributed by atoms with E-state index >= 15 is 0 Å². The molecule has 0 radical (unpaired) electrons. The Balaban J connectivity index is 1.62. The van der Waals surface area contributed by atoms with Crippen LogP contribution in [0.4, 0.5) is 11.6 Å². The standard InChI is InChI=1S/C18H27N7O2/c1-13(26)19-11-14-7-6-10-25(12-14)18-17(24-8-4-2-3-5-9-24)20-15-16(21-18)23-27-22-15/h14H,2-12H2,1H3,(H,19,26)/t14-/m1/s1. The Hall–Kier alpha value is -2.45. The van der Waals surface area contributed by atoms with Crippen molar-refractivity contribution in [1.82, 2.24) is 25.6 Å². The summed E-state index contributed by atoms with van der Waals surface area (Å²) in [5.41, 5.74) is 0.914. The van der Waals surface area contributed by atoms with Gasteiger partial charge in [-0.1, -0.05) is 12.8 Å². The maximum atomic E-state index is 11.3. The van der Waals surface area contributed by atoms with Crippen LogP contribution in [0.2, 0.25) is 0 Å². The third kappa shape index (κ3) is 4.12. The summed E-state index contributed by atoms with van der Waals surface area (Å²) in [7, 11) is 0. The van der Waals surface area contributed by atoms with Gasteiger partial charge in [-0.25, -0.2) is 14.6 Å².